The highest BCUT2D eigenvalue weighted by Crippen LogP contribution is 2.37. The van der Waals surface area contributed by atoms with E-state index < -0.39 is 8.32 Å². The highest BCUT2D eigenvalue weighted by atomic mass is 28.4. The van der Waals surface area contributed by atoms with E-state index in [1.165, 1.54) is 10.4 Å². The lowest BCUT2D eigenvalue weighted by atomic mass is 10.2. The molecule has 2 aromatic carbocycles. The van der Waals surface area contributed by atoms with Crippen LogP contribution in [0.2, 0.25) is 5.04 Å². The third kappa shape index (κ3) is 3.59. The Morgan fingerprint density at radius 2 is 1.39 bits per heavy atom. The minimum atomic E-state index is -2.55. The SMILES string of the molecule is C[C@H](CN=O)O[Si](c1ccccc1)(c1ccccc1)C(C)(C)C. The van der Waals surface area contributed by atoms with E-state index in [1.54, 1.807) is 0 Å². The molecule has 0 fully saturated rings. The van der Waals surface area contributed by atoms with Gasteiger partial charge in [-0.3, -0.25) is 0 Å². The van der Waals surface area contributed by atoms with Gasteiger partial charge in [0.1, 0.15) is 6.54 Å². The molecule has 2 rings (SSSR count). The molecule has 0 amide bonds. The lowest BCUT2D eigenvalue weighted by Gasteiger charge is -2.44. The Balaban J connectivity index is 2.67. The number of rotatable bonds is 6. The molecule has 0 radical (unpaired) electrons. The Hall–Kier alpha value is -1.78. The van der Waals surface area contributed by atoms with E-state index in [0.717, 1.165) is 0 Å². The molecule has 0 aliphatic heterocycles. The summed E-state index contributed by atoms with van der Waals surface area (Å²) in [4.78, 5) is 10.7. The first-order valence-electron chi connectivity index (χ1n) is 8.00. The summed E-state index contributed by atoms with van der Waals surface area (Å²) in [6.07, 6.45) is -0.209. The maximum Gasteiger partial charge on any atom is 0.261 e. The van der Waals surface area contributed by atoms with Gasteiger partial charge < -0.3 is 4.43 Å². The zero-order chi connectivity index (χ0) is 16.9. The van der Waals surface area contributed by atoms with Crippen LogP contribution < -0.4 is 10.4 Å². The van der Waals surface area contributed by atoms with Crippen LogP contribution in [0.1, 0.15) is 27.7 Å². The van der Waals surface area contributed by atoms with Crippen LogP contribution in [0, 0.1) is 4.91 Å². The maximum atomic E-state index is 10.7. The van der Waals surface area contributed by atoms with Crippen molar-refractivity contribution in [2.45, 2.75) is 38.8 Å². The molecular weight excluding hydrogens is 302 g/mol. The number of benzene rings is 2. The zero-order valence-corrected chi connectivity index (χ0v) is 15.3. The molecule has 1 atom stereocenters. The predicted octanol–water partition coefficient (Wildman–Crippen LogP) is 3.72. The van der Waals surface area contributed by atoms with E-state index in [-0.39, 0.29) is 17.7 Å². The van der Waals surface area contributed by atoms with Gasteiger partial charge in [-0.2, -0.15) is 4.91 Å². The molecule has 0 aliphatic rings. The lowest BCUT2D eigenvalue weighted by Crippen LogP contribution is -2.67. The molecule has 0 spiro atoms. The molecule has 23 heavy (non-hydrogen) atoms. The van der Waals surface area contributed by atoms with Crippen LogP contribution >= 0.6 is 0 Å². The molecule has 2 aromatic rings. The van der Waals surface area contributed by atoms with Crippen LogP contribution in [0.25, 0.3) is 0 Å². The summed E-state index contributed by atoms with van der Waals surface area (Å²) >= 11 is 0. The molecular formula is C19H25NO2Si. The van der Waals surface area contributed by atoms with Gasteiger partial charge in [0.25, 0.3) is 8.32 Å². The van der Waals surface area contributed by atoms with E-state index in [0.29, 0.717) is 0 Å². The van der Waals surface area contributed by atoms with Gasteiger partial charge in [-0.1, -0.05) is 86.6 Å². The molecule has 0 N–H and O–H groups in total. The monoisotopic (exact) mass is 327 g/mol. The minimum Gasteiger partial charge on any atom is -0.403 e. The number of nitrogens with zero attached hydrogens (tertiary/aromatic N) is 1. The Morgan fingerprint density at radius 1 is 0.957 bits per heavy atom. The van der Waals surface area contributed by atoms with Crippen molar-refractivity contribution in [2.75, 3.05) is 6.54 Å². The summed E-state index contributed by atoms with van der Waals surface area (Å²) in [5.74, 6) is 0. The fraction of sp³-hybridized carbons (Fsp3) is 0.368. The van der Waals surface area contributed by atoms with Crippen molar-refractivity contribution in [1.82, 2.24) is 0 Å². The first-order chi connectivity index (χ1) is 10.9. The molecule has 0 heterocycles. The smallest absolute Gasteiger partial charge is 0.261 e. The Morgan fingerprint density at radius 3 is 1.74 bits per heavy atom. The Kier molecular flexibility index (Phi) is 5.49. The van der Waals surface area contributed by atoms with Crippen LogP contribution in [-0.2, 0) is 4.43 Å². The average Bonchev–Trinajstić information content (AvgIpc) is 2.53. The van der Waals surface area contributed by atoms with Gasteiger partial charge in [0.2, 0.25) is 0 Å². The van der Waals surface area contributed by atoms with Crippen molar-refractivity contribution in [3.63, 3.8) is 0 Å². The Labute approximate surface area is 139 Å². The number of hydrogen-bond acceptors (Lipinski definition) is 3. The van der Waals surface area contributed by atoms with Gasteiger partial charge >= 0.3 is 0 Å². The third-order valence-electron chi connectivity index (χ3n) is 4.13. The summed E-state index contributed by atoms with van der Waals surface area (Å²) in [6, 6.07) is 20.8. The fourth-order valence-corrected chi connectivity index (χ4v) is 7.83. The summed E-state index contributed by atoms with van der Waals surface area (Å²) in [5.41, 5.74) is 0. The topological polar surface area (TPSA) is 38.7 Å². The zero-order valence-electron chi connectivity index (χ0n) is 14.3. The summed E-state index contributed by atoms with van der Waals surface area (Å²) in [6.45, 7) is 8.77. The van der Waals surface area contributed by atoms with E-state index in [2.05, 4.69) is 74.5 Å². The fourth-order valence-electron chi connectivity index (χ4n) is 3.14. The van der Waals surface area contributed by atoms with Crippen molar-refractivity contribution >= 4 is 18.7 Å². The van der Waals surface area contributed by atoms with E-state index in [9.17, 15) is 4.91 Å². The summed E-state index contributed by atoms with van der Waals surface area (Å²) in [7, 11) is -2.55. The minimum absolute atomic E-state index is 0.0765. The lowest BCUT2D eigenvalue weighted by molar-refractivity contribution is 0.214. The standard InChI is InChI=1S/C19H25NO2Si/c1-16(15-20-21)22-23(19(2,3)4,17-11-7-5-8-12-17)18-13-9-6-10-14-18/h5-14,16H,15H2,1-4H3/t16-/m1/s1. The normalized spacial score (nSPS) is 13.6. The van der Waals surface area contributed by atoms with Gasteiger partial charge in [0.15, 0.2) is 0 Å². The van der Waals surface area contributed by atoms with Crippen LogP contribution in [0.4, 0.5) is 0 Å². The molecule has 0 unspecified atom stereocenters. The largest absolute Gasteiger partial charge is 0.403 e. The third-order valence-corrected chi connectivity index (χ3v) is 9.29. The van der Waals surface area contributed by atoms with Crippen molar-refractivity contribution in [1.29, 1.82) is 0 Å². The van der Waals surface area contributed by atoms with E-state index >= 15 is 0 Å². The van der Waals surface area contributed by atoms with Crippen molar-refractivity contribution in [3.8, 4) is 0 Å². The molecule has 122 valence electrons. The second kappa shape index (κ2) is 7.19. The molecule has 0 aromatic heterocycles. The molecule has 0 saturated heterocycles. The van der Waals surface area contributed by atoms with Crippen LogP contribution in [-0.4, -0.2) is 21.0 Å². The Bertz CT molecular complexity index is 583. The first kappa shape index (κ1) is 17.6. The van der Waals surface area contributed by atoms with Crippen LogP contribution in [0.3, 0.4) is 0 Å². The predicted molar refractivity (Wildman–Crippen MR) is 98.8 cm³/mol. The molecule has 3 nitrogen and oxygen atoms in total. The van der Waals surface area contributed by atoms with E-state index in [4.69, 9.17) is 4.43 Å². The van der Waals surface area contributed by atoms with Gasteiger partial charge in [0.05, 0.1) is 6.10 Å². The second-order valence-electron chi connectivity index (χ2n) is 6.90. The molecule has 0 saturated carbocycles. The molecule has 4 heteroatoms. The first-order valence-corrected chi connectivity index (χ1v) is 9.90. The second-order valence-corrected chi connectivity index (χ2v) is 11.2. The van der Waals surface area contributed by atoms with Gasteiger partial charge in [-0.05, 0) is 22.3 Å². The quantitative estimate of drug-likeness (QED) is 0.599. The number of hydrogen-bond donors (Lipinski definition) is 0. The molecule has 0 aliphatic carbocycles. The van der Waals surface area contributed by atoms with E-state index in [1.807, 2.05) is 19.1 Å². The summed E-state index contributed by atoms with van der Waals surface area (Å²) < 4.78 is 6.66. The number of nitroso groups, excluding NO2 is 1. The summed E-state index contributed by atoms with van der Waals surface area (Å²) in [5, 5.41) is 5.40. The van der Waals surface area contributed by atoms with Gasteiger partial charge in [-0.25, -0.2) is 0 Å². The van der Waals surface area contributed by atoms with Crippen LogP contribution in [0.5, 0.6) is 0 Å². The van der Waals surface area contributed by atoms with Crippen molar-refractivity contribution < 1.29 is 4.43 Å². The van der Waals surface area contributed by atoms with Crippen molar-refractivity contribution in [3.05, 3.63) is 65.6 Å². The van der Waals surface area contributed by atoms with Gasteiger partial charge in [0, 0.05) is 0 Å². The average molecular weight is 328 g/mol. The maximum absolute atomic E-state index is 10.7. The molecule has 0 bridgehead atoms. The highest BCUT2D eigenvalue weighted by molar-refractivity contribution is 6.99. The van der Waals surface area contributed by atoms with Crippen LogP contribution in [0.15, 0.2) is 65.8 Å². The van der Waals surface area contributed by atoms with Crippen molar-refractivity contribution in [2.24, 2.45) is 5.18 Å². The van der Waals surface area contributed by atoms with Gasteiger partial charge in [-0.15, -0.1) is 0 Å². The highest BCUT2D eigenvalue weighted by Gasteiger charge is 2.50.